The summed E-state index contributed by atoms with van der Waals surface area (Å²) in [6.07, 6.45) is 4.78. The average molecular weight is 643 g/mol. The smallest absolute Gasteiger partial charge is 0.412 e. The Morgan fingerprint density at radius 2 is 1.62 bits per heavy atom. The van der Waals surface area contributed by atoms with Crippen LogP contribution in [0.3, 0.4) is 0 Å². The van der Waals surface area contributed by atoms with Crippen molar-refractivity contribution >= 4 is 29.4 Å². The summed E-state index contributed by atoms with van der Waals surface area (Å²) < 4.78 is 10.4. The molecule has 250 valence electrons. The van der Waals surface area contributed by atoms with Crippen LogP contribution in [0.5, 0.6) is 0 Å². The van der Waals surface area contributed by atoms with Crippen molar-refractivity contribution in [1.29, 1.82) is 0 Å². The minimum atomic E-state index is -0.575. The minimum Gasteiger partial charge on any atom is -0.444 e. The van der Waals surface area contributed by atoms with Gasteiger partial charge in [-0.2, -0.15) is 0 Å². The lowest BCUT2D eigenvalue weighted by Crippen LogP contribution is -2.48. The van der Waals surface area contributed by atoms with Crippen molar-refractivity contribution in [2.45, 2.75) is 84.0 Å². The zero-order valence-corrected chi connectivity index (χ0v) is 28.0. The van der Waals surface area contributed by atoms with Crippen molar-refractivity contribution in [2.75, 3.05) is 30.5 Å². The summed E-state index contributed by atoms with van der Waals surface area (Å²) in [6, 6.07) is 16.7. The standard InChI is InChI=1S/C36H46N6O5/c1-23-39-29(21-32(40-23)42-30-9-7-6-8-27(30)20-31(42)34(44)37-18-19-46-5)22-38-33(43)26-12-10-24(11-13-26)25-14-16-28(17-15-25)41-35(45)47-36(2,3)4/h10-17,21,27,30-31H,6-9,18-20,22H2,1-5H3,(H,37,44)(H,38,43)(H,41,45)/t27-,30-,31-/m0/s1. The molecule has 3 aromatic rings. The van der Waals surface area contributed by atoms with Gasteiger partial charge in [0.25, 0.3) is 5.91 Å². The number of rotatable bonds is 10. The fraction of sp³-hybridized carbons (Fsp3) is 0.472. The number of amides is 3. The Morgan fingerprint density at radius 1 is 0.936 bits per heavy atom. The van der Waals surface area contributed by atoms with Crippen LogP contribution in [0.1, 0.15) is 74.8 Å². The lowest BCUT2D eigenvalue weighted by atomic mass is 9.84. The zero-order valence-electron chi connectivity index (χ0n) is 28.0. The molecular formula is C36H46N6O5. The highest BCUT2D eigenvalue weighted by molar-refractivity contribution is 5.94. The Kier molecular flexibility index (Phi) is 10.8. The van der Waals surface area contributed by atoms with Gasteiger partial charge in [0.2, 0.25) is 5.91 Å². The topological polar surface area (TPSA) is 135 Å². The fourth-order valence-electron chi connectivity index (χ4n) is 6.51. The Labute approximate surface area is 276 Å². The first kappa shape index (κ1) is 33.8. The van der Waals surface area contributed by atoms with Crippen LogP contribution in [0.4, 0.5) is 16.3 Å². The van der Waals surface area contributed by atoms with Crippen LogP contribution >= 0.6 is 0 Å². The van der Waals surface area contributed by atoms with E-state index in [-0.39, 0.29) is 30.4 Å². The van der Waals surface area contributed by atoms with E-state index >= 15 is 0 Å². The lowest BCUT2D eigenvalue weighted by molar-refractivity contribution is -0.122. The van der Waals surface area contributed by atoms with Gasteiger partial charge in [0.15, 0.2) is 0 Å². The molecule has 0 bridgehead atoms. The summed E-state index contributed by atoms with van der Waals surface area (Å²) in [6.45, 7) is 8.46. The summed E-state index contributed by atoms with van der Waals surface area (Å²) in [5.74, 6) is 1.57. The number of aromatic nitrogens is 2. The van der Waals surface area contributed by atoms with E-state index in [1.165, 1.54) is 6.42 Å². The summed E-state index contributed by atoms with van der Waals surface area (Å²) in [5.41, 5.74) is 3.16. The summed E-state index contributed by atoms with van der Waals surface area (Å²) in [7, 11) is 1.62. The first-order chi connectivity index (χ1) is 22.5. The van der Waals surface area contributed by atoms with Crippen LogP contribution in [-0.4, -0.2) is 65.8 Å². The van der Waals surface area contributed by atoms with Gasteiger partial charge in [-0.3, -0.25) is 14.9 Å². The normalized spacial score (nSPS) is 19.1. The quantitative estimate of drug-likeness (QED) is 0.242. The second kappa shape index (κ2) is 14.9. The van der Waals surface area contributed by atoms with E-state index in [4.69, 9.17) is 14.5 Å². The lowest BCUT2D eigenvalue weighted by Gasteiger charge is -2.34. The predicted octanol–water partition coefficient (Wildman–Crippen LogP) is 5.63. The first-order valence-electron chi connectivity index (χ1n) is 16.4. The van der Waals surface area contributed by atoms with Crippen LogP contribution in [0, 0.1) is 12.8 Å². The molecule has 1 saturated heterocycles. The number of ether oxygens (including phenoxy) is 2. The molecule has 1 aliphatic heterocycles. The maximum Gasteiger partial charge on any atom is 0.412 e. The SMILES string of the molecule is COCCNC(=O)[C@@H]1C[C@@H]2CCCC[C@@H]2N1c1cc(CNC(=O)c2ccc(-c3ccc(NC(=O)OC(C)(C)C)cc3)cc2)nc(C)n1. The van der Waals surface area contributed by atoms with Crippen molar-refractivity contribution in [1.82, 2.24) is 20.6 Å². The van der Waals surface area contributed by atoms with Gasteiger partial charge in [-0.25, -0.2) is 14.8 Å². The highest BCUT2D eigenvalue weighted by atomic mass is 16.6. The predicted molar refractivity (Wildman–Crippen MR) is 181 cm³/mol. The molecule has 0 radical (unpaired) electrons. The van der Waals surface area contributed by atoms with Crippen molar-refractivity contribution in [3.63, 3.8) is 0 Å². The van der Waals surface area contributed by atoms with Gasteiger partial charge < -0.3 is 25.0 Å². The number of carbonyl (C=O) groups is 3. The Balaban J connectivity index is 1.22. The van der Waals surface area contributed by atoms with E-state index in [1.807, 2.05) is 70.2 Å². The number of methoxy groups -OCH3 is 1. The molecule has 5 rings (SSSR count). The third-order valence-electron chi connectivity index (χ3n) is 8.58. The second-order valence-electron chi connectivity index (χ2n) is 13.3. The first-order valence-corrected chi connectivity index (χ1v) is 16.4. The van der Waals surface area contributed by atoms with Crippen LogP contribution in [0.25, 0.3) is 11.1 Å². The molecule has 0 spiro atoms. The third kappa shape index (κ3) is 8.85. The number of hydrogen-bond acceptors (Lipinski definition) is 8. The maximum atomic E-state index is 13.3. The number of nitrogens with one attached hydrogen (secondary N) is 3. The molecule has 3 amide bonds. The summed E-state index contributed by atoms with van der Waals surface area (Å²) in [5, 5.41) is 8.75. The number of nitrogens with zero attached hydrogens (tertiary/aromatic N) is 3. The summed E-state index contributed by atoms with van der Waals surface area (Å²) >= 11 is 0. The number of anilines is 2. The molecule has 3 N–H and O–H groups in total. The molecule has 47 heavy (non-hydrogen) atoms. The molecule has 2 aromatic carbocycles. The Hall–Kier alpha value is -4.51. The maximum absolute atomic E-state index is 13.3. The molecule has 3 atom stereocenters. The van der Waals surface area contributed by atoms with E-state index in [0.717, 1.165) is 42.6 Å². The Bertz CT molecular complexity index is 1550. The fourth-order valence-corrected chi connectivity index (χ4v) is 6.51. The highest BCUT2D eigenvalue weighted by Crippen LogP contribution is 2.42. The number of benzene rings is 2. The van der Waals surface area contributed by atoms with Gasteiger partial charge in [0.05, 0.1) is 18.8 Å². The largest absolute Gasteiger partial charge is 0.444 e. The van der Waals surface area contributed by atoms with Gasteiger partial charge in [-0.15, -0.1) is 0 Å². The van der Waals surface area contributed by atoms with E-state index in [1.54, 1.807) is 19.2 Å². The molecule has 2 fully saturated rings. The van der Waals surface area contributed by atoms with Crippen molar-refractivity contribution in [3.8, 4) is 11.1 Å². The van der Waals surface area contributed by atoms with E-state index in [9.17, 15) is 14.4 Å². The van der Waals surface area contributed by atoms with Gasteiger partial charge in [0, 0.05) is 37.0 Å². The van der Waals surface area contributed by atoms with Crippen LogP contribution < -0.4 is 20.9 Å². The molecule has 1 aliphatic carbocycles. The molecule has 11 nitrogen and oxygen atoms in total. The van der Waals surface area contributed by atoms with E-state index in [2.05, 4.69) is 25.8 Å². The molecule has 0 unspecified atom stereocenters. The van der Waals surface area contributed by atoms with E-state index in [0.29, 0.717) is 41.8 Å². The second-order valence-corrected chi connectivity index (χ2v) is 13.3. The summed E-state index contributed by atoms with van der Waals surface area (Å²) in [4.78, 5) is 50.0. The van der Waals surface area contributed by atoms with E-state index < -0.39 is 11.7 Å². The molecule has 1 saturated carbocycles. The molecular weight excluding hydrogens is 596 g/mol. The van der Waals surface area contributed by atoms with Gasteiger partial charge in [-0.1, -0.05) is 37.1 Å². The molecule has 2 aliphatic rings. The third-order valence-corrected chi connectivity index (χ3v) is 8.58. The minimum absolute atomic E-state index is 0.000533. The number of fused-ring (bicyclic) bond motifs is 1. The van der Waals surface area contributed by atoms with Gasteiger partial charge >= 0.3 is 6.09 Å². The Morgan fingerprint density at radius 3 is 2.30 bits per heavy atom. The molecule has 2 heterocycles. The molecule has 11 heteroatoms. The van der Waals surface area contributed by atoms with Crippen LogP contribution in [0.15, 0.2) is 54.6 Å². The number of hydrogen-bond donors (Lipinski definition) is 3. The number of carbonyl (C=O) groups excluding carboxylic acids is 3. The van der Waals surface area contributed by atoms with Crippen molar-refractivity contribution in [3.05, 3.63) is 71.7 Å². The van der Waals surface area contributed by atoms with Crippen LogP contribution in [-0.2, 0) is 20.8 Å². The average Bonchev–Trinajstić information content (AvgIpc) is 3.43. The zero-order chi connectivity index (χ0) is 33.6. The number of aryl methyl sites for hydroxylation is 1. The van der Waals surface area contributed by atoms with Gasteiger partial charge in [-0.05, 0) is 88.3 Å². The van der Waals surface area contributed by atoms with Crippen molar-refractivity contribution < 1.29 is 23.9 Å². The van der Waals surface area contributed by atoms with Gasteiger partial charge in [0.1, 0.15) is 23.3 Å². The monoisotopic (exact) mass is 642 g/mol. The highest BCUT2D eigenvalue weighted by Gasteiger charge is 2.45. The molecule has 1 aromatic heterocycles. The van der Waals surface area contributed by atoms with Crippen molar-refractivity contribution in [2.24, 2.45) is 5.92 Å². The van der Waals surface area contributed by atoms with Crippen LogP contribution in [0.2, 0.25) is 0 Å².